The molecule has 0 heterocycles. The molecule has 1 aromatic rings. The first-order valence-corrected chi connectivity index (χ1v) is 10.3. The number of rotatable bonds is 3. The predicted molar refractivity (Wildman–Crippen MR) is 97.9 cm³/mol. The predicted octanol–water partition coefficient (Wildman–Crippen LogP) is 6.42. The molecule has 4 aliphatic rings. The van der Waals surface area contributed by atoms with Crippen LogP contribution in [0.15, 0.2) is 30.3 Å². The Bertz CT molecular complexity index is 489. The Morgan fingerprint density at radius 1 is 0.909 bits per heavy atom. The van der Waals surface area contributed by atoms with Gasteiger partial charge >= 0.3 is 0 Å². The largest absolute Gasteiger partial charge is 0.107 e. The lowest BCUT2D eigenvalue weighted by Gasteiger charge is -2.58. The van der Waals surface area contributed by atoms with Gasteiger partial charge in [0.15, 0.2) is 0 Å². The molecule has 4 saturated carbocycles. The highest BCUT2D eigenvalue weighted by atomic mass is 31.1. The number of hydrogen-bond donors (Lipinski definition) is 0. The van der Waals surface area contributed by atoms with Crippen LogP contribution in [0.4, 0.5) is 0 Å². The summed E-state index contributed by atoms with van der Waals surface area (Å²) in [5.74, 6) is 3.24. The van der Waals surface area contributed by atoms with Gasteiger partial charge in [-0.3, -0.25) is 0 Å². The minimum Gasteiger partial charge on any atom is -0.107 e. The van der Waals surface area contributed by atoms with Gasteiger partial charge in [0.1, 0.15) is 0 Å². The molecule has 0 nitrogen and oxygen atoms in total. The fourth-order valence-corrected chi connectivity index (χ4v) is 8.66. The Morgan fingerprint density at radius 3 is 1.86 bits per heavy atom. The lowest BCUT2D eigenvalue weighted by atomic mass is 9.56. The maximum Gasteiger partial charge on any atom is 0.00676 e. The van der Waals surface area contributed by atoms with Crippen molar-refractivity contribution >= 4 is 8.58 Å². The summed E-state index contributed by atoms with van der Waals surface area (Å²) in [5, 5.41) is 0.711. The second kappa shape index (κ2) is 5.34. The van der Waals surface area contributed by atoms with Gasteiger partial charge in [0.25, 0.3) is 0 Å². The molecule has 0 N–H and O–H groups in total. The van der Waals surface area contributed by atoms with Gasteiger partial charge in [0.2, 0.25) is 0 Å². The molecule has 0 saturated heterocycles. The minimum atomic E-state index is 0.378. The Hall–Kier alpha value is -0.350. The first kappa shape index (κ1) is 15.2. The van der Waals surface area contributed by atoms with Crippen LogP contribution in [-0.2, 0) is 0 Å². The third kappa shape index (κ3) is 2.77. The van der Waals surface area contributed by atoms with Crippen LogP contribution in [0, 0.1) is 23.2 Å². The summed E-state index contributed by atoms with van der Waals surface area (Å²) in [6.07, 6.45) is 9.35. The third-order valence-corrected chi connectivity index (χ3v) is 9.20. The van der Waals surface area contributed by atoms with E-state index in [0.29, 0.717) is 10.6 Å². The molecule has 0 radical (unpaired) electrons. The normalized spacial score (nSPS) is 38.8. The summed E-state index contributed by atoms with van der Waals surface area (Å²) in [7, 11) is 1.13. The van der Waals surface area contributed by atoms with E-state index in [1.54, 1.807) is 44.1 Å². The second-order valence-corrected chi connectivity index (χ2v) is 11.5. The van der Waals surface area contributed by atoms with Crippen LogP contribution in [0.5, 0.6) is 0 Å². The molecule has 4 aliphatic carbocycles. The highest BCUT2D eigenvalue weighted by molar-refractivity contribution is 7.40. The molecule has 120 valence electrons. The molecule has 0 spiro atoms. The Kier molecular flexibility index (Phi) is 3.69. The lowest BCUT2D eigenvalue weighted by Crippen LogP contribution is -2.48. The molecule has 2 unspecified atom stereocenters. The summed E-state index contributed by atoms with van der Waals surface area (Å²) in [5.41, 5.74) is 2.71. The van der Waals surface area contributed by atoms with E-state index in [9.17, 15) is 0 Å². The van der Waals surface area contributed by atoms with Gasteiger partial charge in [-0.2, -0.15) is 0 Å². The zero-order valence-corrected chi connectivity index (χ0v) is 15.4. The topological polar surface area (TPSA) is 0 Å². The smallest absolute Gasteiger partial charge is 0.00676 e. The van der Waals surface area contributed by atoms with Crippen LogP contribution < -0.4 is 0 Å². The van der Waals surface area contributed by atoms with Crippen molar-refractivity contribution in [3.63, 3.8) is 0 Å². The zero-order valence-electron chi connectivity index (χ0n) is 14.4. The van der Waals surface area contributed by atoms with Crippen molar-refractivity contribution in [2.45, 2.75) is 70.1 Å². The molecule has 5 rings (SSSR count). The van der Waals surface area contributed by atoms with Crippen molar-refractivity contribution in [3.05, 3.63) is 35.9 Å². The summed E-state index contributed by atoms with van der Waals surface area (Å²) in [6.45, 7) is 7.37. The van der Waals surface area contributed by atoms with E-state index in [4.69, 9.17) is 0 Å². The van der Waals surface area contributed by atoms with Gasteiger partial charge in [0.05, 0.1) is 0 Å². The maximum absolute atomic E-state index is 2.46. The van der Waals surface area contributed by atoms with E-state index in [-0.39, 0.29) is 0 Å². The lowest BCUT2D eigenvalue weighted by molar-refractivity contribution is 0.0359. The maximum atomic E-state index is 2.46. The summed E-state index contributed by atoms with van der Waals surface area (Å²) in [4.78, 5) is 0. The average molecular weight is 314 g/mol. The molecular formula is C21H31P. The average Bonchev–Trinajstić information content (AvgIpc) is 2.43. The van der Waals surface area contributed by atoms with Crippen LogP contribution in [0.25, 0.3) is 0 Å². The molecule has 22 heavy (non-hydrogen) atoms. The van der Waals surface area contributed by atoms with Crippen LogP contribution in [0.3, 0.4) is 0 Å². The standard InChI is InChI=1S/C21H31P/c1-20(2,3)19(18-7-5-4-6-8-18)22-21-12-15-9-16(13-21)11-17(10-15)14-21/h4-8,15-17,19,22H,9-14H2,1-3H3. The van der Waals surface area contributed by atoms with Crippen LogP contribution >= 0.6 is 8.58 Å². The van der Waals surface area contributed by atoms with Crippen LogP contribution in [0.1, 0.15) is 70.5 Å². The van der Waals surface area contributed by atoms with Crippen molar-refractivity contribution in [2.24, 2.45) is 23.2 Å². The van der Waals surface area contributed by atoms with Crippen LogP contribution in [-0.4, -0.2) is 5.16 Å². The Balaban J connectivity index is 1.62. The monoisotopic (exact) mass is 314 g/mol. The Morgan fingerprint density at radius 2 is 1.41 bits per heavy atom. The number of benzene rings is 1. The van der Waals surface area contributed by atoms with Gasteiger partial charge in [-0.25, -0.2) is 0 Å². The van der Waals surface area contributed by atoms with E-state index >= 15 is 0 Å². The molecule has 0 aliphatic heterocycles. The molecule has 0 aromatic heterocycles. The first-order chi connectivity index (χ1) is 10.4. The van der Waals surface area contributed by atoms with Crippen molar-refractivity contribution < 1.29 is 0 Å². The summed E-state index contributed by atoms with van der Waals surface area (Å²) >= 11 is 0. The van der Waals surface area contributed by atoms with Crippen LogP contribution in [0.2, 0.25) is 0 Å². The fourth-order valence-electron chi connectivity index (χ4n) is 6.04. The van der Waals surface area contributed by atoms with Crippen molar-refractivity contribution in [3.8, 4) is 0 Å². The van der Waals surface area contributed by atoms with Gasteiger partial charge < -0.3 is 0 Å². The van der Waals surface area contributed by atoms with E-state index in [1.807, 2.05) is 0 Å². The van der Waals surface area contributed by atoms with E-state index < -0.39 is 0 Å². The molecular weight excluding hydrogens is 283 g/mol. The highest BCUT2D eigenvalue weighted by Gasteiger charge is 2.52. The minimum absolute atomic E-state index is 0.378. The second-order valence-electron chi connectivity index (χ2n) is 9.55. The zero-order chi connectivity index (χ0) is 15.4. The molecule has 2 atom stereocenters. The van der Waals surface area contributed by atoms with E-state index in [2.05, 4.69) is 51.1 Å². The number of hydrogen-bond acceptors (Lipinski definition) is 0. The molecule has 4 fully saturated rings. The molecule has 1 heteroatoms. The Labute approximate surface area is 138 Å². The van der Waals surface area contributed by atoms with E-state index in [0.717, 1.165) is 32.0 Å². The van der Waals surface area contributed by atoms with E-state index in [1.165, 1.54) is 0 Å². The van der Waals surface area contributed by atoms with Crippen molar-refractivity contribution in [2.75, 3.05) is 0 Å². The van der Waals surface area contributed by atoms with Gasteiger partial charge in [-0.1, -0.05) is 51.1 Å². The summed E-state index contributed by atoms with van der Waals surface area (Å²) in [6, 6.07) is 11.4. The quantitative estimate of drug-likeness (QED) is 0.565. The fraction of sp³-hybridized carbons (Fsp3) is 0.714. The third-order valence-electron chi connectivity index (χ3n) is 6.49. The first-order valence-electron chi connectivity index (χ1n) is 9.26. The van der Waals surface area contributed by atoms with Gasteiger partial charge in [-0.15, -0.1) is 8.58 Å². The van der Waals surface area contributed by atoms with Crippen molar-refractivity contribution in [1.82, 2.24) is 0 Å². The molecule has 1 aromatic carbocycles. The SMILES string of the molecule is CC(C)(C)C(PC12CC3CC(CC(C3)C1)C2)c1ccccc1. The molecule has 0 amide bonds. The van der Waals surface area contributed by atoms with Gasteiger partial charge in [0, 0.05) is 5.66 Å². The van der Waals surface area contributed by atoms with Gasteiger partial charge in [-0.05, 0) is 72.4 Å². The van der Waals surface area contributed by atoms with Crippen molar-refractivity contribution in [1.29, 1.82) is 0 Å². The molecule has 4 bridgehead atoms. The highest BCUT2D eigenvalue weighted by Crippen LogP contribution is 2.67. The summed E-state index contributed by atoms with van der Waals surface area (Å²) < 4.78 is 0.